The number of likely N-dealkylation sites (N-methyl/N-ethyl adjacent to an activating group) is 2. The summed E-state index contributed by atoms with van der Waals surface area (Å²) in [7, 11) is 0. The molecule has 0 atom stereocenters. The van der Waals surface area contributed by atoms with Crippen LogP contribution >= 0.6 is 0 Å². The minimum Gasteiger partial charge on any atom is -0.355 e. The van der Waals surface area contributed by atoms with E-state index in [1.54, 1.807) is 0 Å². The zero-order valence-electron chi connectivity index (χ0n) is 13.3. The van der Waals surface area contributed by atoms with Gasteiger partial charge in [-0.25, -0.2) is 0 Å². The number of tetrazole rings is 1. The second-order valence-corrected chi connectivity index (χ2v) is 4.87. The number of nitrogens with zero attached hydrogens (tertiary/aromatic N) is 5. The van der Waals surface area contributed by atoms with Gasteiger partial charge in [0.1, 0.15) is 6.54 Å². The topological polar surface area (TPSA) is 93.0 Å². The van der Waals surface area contributed by atoms with Gasteiger partial charge in [-0.05, 0) is 19.1 Å². The van der Waals surface area contributed by atoms with E-state index in [1.807, 2.05) is 44.2 Å². The molecule has 0 aliphatic heterocycles. The van der Waals surface area contributed by atoms with Crippen LogP contribution in [0.3, 0.4) is 0 Å². The molecule has 2 aromatic rings. The summed E-state index contributed by atoms with van der Waals surface area (Å²) in [6.07, 6.45) is 0. The molecule has 1 heterocycles. The maximum Gasteiger partial charge on any atom is 0.246 e. The maximum atomic E-state index is 12.2. The van der Waals surface area contributed by atoms with Crippen molar-refractivity contribution < 1.29 is 9.59 Å². The Kier molecular flexibility index (Phi) is 5.79. The highest BCUT2D eigenvalue weighted by Crippen LogP contribution is 2.11. The summed E-state index contributed by atoms with van der Waals surface area (Å²) in [5.74, 6) is 0.0557. The van der Waals surface area contributed by atoms with E-state index in [0.29, 0.717) is 18.9 Å². The molecule has 0 bridgehead atoms. The monoisotopic (exact) mass is 316 g/mol. The van der Waals surface area contributed by atoms with Crippen LogP contribution in [-0.2, 0) is 16.1 Å². The number of carbonyl (C=O) groups is 2. The molecular weight excluding hydrogens is 296 g/mol. The second-order valence-electron chi connectivity index (χ2n) is 4.87. The average molecular weight is 316 g/mol. The van der Waals surface area contributed by atoms with Crippen LogP contribution in [0.15, 0.2) is 30.3 Å². The van der Waals surface area contributed by atoms with Gasteiger partial charge in [-0.2, -0.15) is 4.80 Å². The van der Waals surface area contributed by atoms with Gasteiger partial charge in [-0.3, -0.25) is 9.59 Å². The summed E-state index contributed by atoms with van der Waals surface area (Å²) in [4.78, 5) is 26.5. The Morgan fingerprint density at radius 2 is 1.96 bits per heavy atom. The van der Waals surface area contributed by atoms with E-state index in [0.717, 1.165) is 5.56 Å². The third-order valence-electron chi connectivity index (χ3n) is 3.20. The highest BCUT2D eigenvalue weighted by molar-refractivity contribution is 5.84. The standard InChI is InChI=1S/C15H20N6O2/c1-3-16-13(22)10-20(4-2)14(23)11-21-18-15(17-19-21)12-8-6-5-7-9-12/h5-9H,3-4,10-11H2,1-2H3,(H,16,22). The molecule has 0 radical (unpaired) electrons. The van der Waals surface area contributed by atoms with Crippen LogP contribution in [0, 0.1) is 0 Å². The molecule has 0 unspecified atom stereocenters. The zero-order valence-corrected chi connectivity index (χ0v) is 13.3. The molecule has 0 saturated heterocycles. The molecule has 8 nitrogen and oxygen atoms in total. The predicted octanol–water partition coefficient (Wildman–Crippen LogP) is 0.325. The Hall–Kier alpha value is -2.77. The van der Waals surface area contributed by atoms with Gasteiger partial charge in [-0.1, -0.05) is 30.3 Å². The fourth-order valence-electron chi connectivity index (χ4n) is 2.04. The molecular formula is C15H20N6O2. The third-order valence-corrected chi connectivity index (χ3v) is 3.20. The van der Waals surface area contributed by atoms with Crippen LogP contribution in [0.4, 0.5) is 0 Å². The highest BCUT2D eigenvalue weighted by Gasteiger charge is 2.17. The summed E-state index contributed by atoms with van der Waals surface area (Å²) in [6, 6.07) is 9.41. The van der Waals surface area contributed by atoms with E-state index in [9.17, 15) is 9.59 Å². The van der Waals surface area contributed by atoms with Crippen LogP contribution in [-0.4, -0.2) is 56.6 Å². The Balaban J connectivity index is 1.99. The molecule has 1 N–H and O–H groups in total. The Morgan fingerprint density at radius 1 is 1.22 bits per heavy atom. The molecule has 0 aliphatic carbocycles. The van der Waals surface area contributed by atoms with E-state index in [-0.39, 0.29) is 24.9 Å². The van der Waals surface area contributed by atoms with Gasteiger partial charge in [-0.15, -0.1) is 10.2 Å². The lowest BCUT2D eigenvalue weighted by atomic mass is 10.2. The molecule has 1 aromatic carbocycles. The van der Waals surface area contributed by atoms with Crippen LogP contribution in [0.2, 0.25) is 0 Å². The lowest BCUT2D eigenvalue weighted by Crippen LogP contribution is -2.42. The van der Waals surface area contributed by atoms with Crippen molar-refractivity contribution in [1.82, 2.24) is 30.4 Å². The fraction of sp³-hybridized carbons (Fsp3) is 0.400. The van der Waals surface area contributed by atoms with Crippen LogP contribution < -0.4 is 5.32 Å². The number of hydrogen-bond acceptors (Lipinski definition) is 5. The maximum absolute atomic E-state index is 12.2. The first-order valence-corrected chi connectivity index (χ1v) is 7.51. The minimum absolute atomic E-state index is 0.0312. The van der Waals surface area contributed by atoms with Crippen molar-refractivity contribution in [3.63, 3.8) is 0 Å². The molecule has 0 aliphatic rings. The first kappa shape index (κ1) is 16.6. The summed E-state index contributed by atoms with van der Waals surface area (Å²) >= 11 is 0. The van der Waals surface area contributed by atoms with Crippen molar-refractivity contribution in [2.24, 2.45) is 0 Å². The van der Waals surface area contributed by atoms with Crippen molar-refractivity contribution >= 4 is 11.8 Å². The second kappa shape index (κ2) is 8.02. The van der Waals surface area contributed by atoms with Gasteiger partial charge in [0.2, 0.25) is 17.6 Å². The van der Waals surface area contributed by atoms with Gasteiger partial charge < -0.3 is 10.2 Å². The number of benzene rings is 1. The molecule has 1 aromatic heterocycles. The molecule has 8 heteroatoms. The summed E-state index contributed by atoms with van der Waals surface area (Å²) in [5.41, 5.74) is 0.834. The average Bonchev–Trinajstić information content (AvgIpc) is 3.02. The van der Waals surface area contributed by atoms with E-state index in [4.69, 9.17) is 0 Å². The molecule has 2 rings (SSSR count). The van der Waals surface area contributed by atoms with Crippen LogP contribution in [0.1, 0.15) is 13.8 Å². The van der Waals surface area contributed by atoms with Crippen molar-refractivity contribution in [2.45, 2.75) is 20.4 Å². The molecule has 23 heavy (non-hydrogen) atoms. The molecule has 2 amide bonds. The molecule has 0 saturated carbocycles. The SMILES string of the molecule is CCNC(=O)CN(CC)C(=O)Cn1nnc(-c2ccccc2)n1. The van der Waals surface area contributed by atoms with Gasteiger partial charge in [0.15, 0.2) is 0 Å². The smallest absolute Gasteiger partial charge is 0.246 e. The largest absolute Gasteiger partial charge is 0.355 e. The number of aromatic nitrogens is 4. The Labute approximate surface area is 134 Å². The lowest BCUT2D eigenvalue weighted by molar-refractivity contribution is -0.136. The van der Waals surface area contributed by atoms with Crippen molar-refractivity contribution in [1.29, 1.82) is 0 Å². The normalized spacial score (nSPS) is 10.3. The third kappa shape index (κ3) is 4.60. The zero-order chi connectivity index (χ0) is 16.7. The molecule has 122 valence electrons. The Morgan fingerprint density at radius 3 is 2.61 bits per heavy atom. The first-order chi connectivity index (χ1) is 11.1. The predicted molar refractivity (Wildman–Crippen MR) is 84.2 cm³/mol. The number of hydrogen-bond donors (Lipinski definition) is 1. The van der Waals surface area contributed by atoms with Crippen LogP contribution in [0.25, 0.3) is 11.4 Å². The van der Waals surface area contributed by atoms with E-state index in [2.05, 4.69) is 20.7 Å². The van der Waals surface area contributed by atoms with E-state index >= 15 is 0 Å². The van der Waals surface area contributed by atoms with Gasteiger partial charge in [0, 0.05) is 18.7 Å². The minimum atomic E-state index is -0.226. The van der Waals surface area contributed by atoms with E-state index < -0.39 is 0 Å². The molecule has 0 spiro atoms. The number of rotatable bonds is 7. The number of carbonyl (C=O) groups excluding carboxylic acids is 2. The molecule has 0 fully saturated rings. The summed E-state index contributed by atoms with van der Waals surface area (Å²) < 4.78 is 0. The highest BCUT2D eigenvalue weighted by atomic mass is 16.2. The van der Waals surface area contributed by atoms with Gasteiger partial charge in [0.05, 0.1) is 6.54 Å². The van der Waals surface area contributed by atoms with Gasteiger partial charge >= 0.3 is 0 Å². The van der Waals surface area contributed by atoms with Crippen molar-refractivity contribution in [3.8, 4) is 11.4 Å². The Bertz CT molecular complexity index is 655. The quantitative estimate of drug-likeness (QED) is 0.794. The fourth-order valence-corrected chi connectivity index (χ4v) is 2.04. The van der Waals surface area contributed by atoms with Crippen LogP contribution in [0.5, 0.6) is 0 Å². The van der Waals surface area contributed by atoms with Crippen molar-refractivity contribution in [3.05, 3.63) is 30.3 Å². The van der Waals surface area contributed by atoms with Gasteiger partial charge in [0.25, 0.3) is 0 Å². The summed E-state index contributed by atoms with van der Waals surface area (Å²) in [6.45, 7) is 4.62. The lowest BCUT2D eigenvalue weighted by Gasteiger charge is -2.19. The first-order valence-electron chi connectivity index (χ1n) is 7.51. The summed E-state index contributed by atoms with van der Waals surface area (Å²) in [5, 5.41) is 14.7. The van der Waals surface area contributed by atoms with Crippen molar-refractivity contribution in [2.75, 3.05) is 19.6 Å². The number of amides is 2. The van der Waals surface area contributed by atoms with E-state index in [1.165, 1.54) is 9.70 Å². The number of nitrogens with one attached hydrogen (secondary N) is 1.